The summed E-state index contributed by atoms with van der Waals surface area (Å²) in [6, 6.07) is 9.70. The first-order chi connectivity index (χ1) is 9.67. The first kappa shape index (κ1) is 15.5. The molecule has 1 N–H and O–H groups in total. The molecule has 1 aromatic carbocycles. The maximum atomic E-state index is 12.5. The summed E-state index contributed by atoms with van der Waals surface area (Å²) in [7, 11) is 0. The van der Waals surface area contributed by atoms with E-state index in [0.717, 1.165) is 23.0 Å². The molecule has 0 saturated heterocycles. The monoisotopic (exact) mass is 284 g/mol. The van der Waals surface area contributed by atoms with Crippen LogP contribution in [0.4, 0.5) is 5.69 Å². The number of carbonyl (C=O) groups excluding carboxylic acids is 1. The number of pyridine rings is 1. The molecule has 1 heterocycles. The highest BCUT2D eigenvalue weighted by Gasteiger charge is 2.32. The Morgan fingerprint density at radius 3 is 2.52 bits per heavy atom. The predicted molar refractivity (Wildman–Crippen MR) is 88.2 cm³/mol. The van der Waals surface area contributed by atoms with Crippen LogP contribution in [0.2, 0.25) is 0 Å². The van der Waals surface area contributed by atoms with Gasteiger partial charge in [-0.2, -0.15) is 0 Å². The van der Waals surface area contributed by atoms with E-state index in [1.807, 2.05) is 44.2 Å². The van der Waals surface area contributed by atoms with Crippen LogP contribution in [0, 0.1) is 10.8 Å². The van der Waals surface area contributed by atoms with Crippen molar-refractivity contribution in [3.63, 3.8) is 0 Å². The summed E-state index contributed by atoms with van der Waals surface area (Å²) in [6.07, 6.45) is 2.61. The molecule has 0 unspecified atom stereocenters. The Balaban J connectivity index is 2.17. The second kappa shape index (κ2) is 5.47. The van der Waals surface area contributed by atoms with E-state index >= 15 is 0 Å². The molecule has 0 fully saturated rings. The summed E-state index contributed by atoms with van der Waals surface area (Å²) < 4.78 is 0. The molecule has 0 bridgehead atoms. The fourth-order valence-corrected chi connectivity index (χ4v) is 2.86. The van der Waals surface area contributed by atoms with Gasteiger partial charge >= 0.3 is 0 Å². The van der Waals surface area contributed by atoms with Gasteiger partial charge in [-0.1, -0.05) is 40.7 Å². The molecule has 0 radical (unpaired) electrons. The number of aromatic nitrogens is 1. The second-order valence-electron chi connectivity index (χ2n) is 7.49. The zero-order valence-electron chi connectivity index (χ0n) is 13.5. The first-order valence-electron chi connectivity index (χ1n) is 7.34. The highest BCUT2D eigenvalue weighted by atomic mass is 16.2. The van der Waals surface area contributed by atoms with Crippen molar-refractivity contribution in [2.24, 2.45) is 10.8 Å². The standard InChI is InChI=1S/C18H24N2O/c1-17(2,3)12-18(4,5)16(21)20-14-8-9-15-13(11-14)7-6-10-19-15/h6-11H,12H2,1-5H3,(H,20,21). The predicted octanol–water partition coefficient (Wildman–Crippen LogP) is 4.64. The minimum Gasteiger partial charge on any atom is -0.326 e. The number of amides is 1. The van der Waals surface area contributed by atoms with Gasteiger partial charge in [-0.05, 0) is 36.1 Å². The van der Waals surface area contributed by atoms with Gasteiger partial charge in [0.05, 0.1) is 5.52 Å². The summed E-state index contributed by atoms with van der Waals surface area (Å²) in [5.74, 6) is 0.0562. The molecule has 0 atom stereocenters. The molecule has 0 aliphatic heterocycles. The molecular formula is C18H24N2O. The summed E-state index contributed by atoms with van der Waals surface area (Å²) in [5.41, 5.74) is 1.47. The number of carbonyl (C=O) groups is 1. The highest BCUT2D eigenvalue weighted by molar-refractivity contribution is 5.96. The SMILES string of the molecule is CC(C)(C)CC(C)(C)C(=O)Nc1ccc2ncccc2c1. The van der Waals surface area contributed by atoms with Gasteiger partial charge in [0.25, 0.3) is 0 Å². The number of hydrogen-bond donors (Lipinski definition) is 1. The van der Waals surface area contributed by atoms with E-state index in [1.54, 1.807) is 6.20 Å². The summed E-state index contributed by atoms with van der Waals surface area (Å²) in [4.78, 5) is 16.8. The maximum absolute atomic E-state index is 12.5. The lowest BCUT2D eigenvalue weighted by molar-refractivity contribution is -0.125. The van der Waals surface area contributed by atoms with Crippen molar-refractivity contribution in [3.05, 3.63) is 36.5 Å². The van der Waals surface area contributed by atoms with Gasteiger partial charge in [-0.3, -0.25) is 9.78 Å². The fraction of sp³-hybridized carbons (Fsp3) is 0.444. The minimum absolute atomic E-state index is 0.0562. The maximum Gasteiger partial charge on any atom is 0.230 e. The Kier molecular flexibility index (Phi) is 4.04. The highest BCUT2D eigenvalue weighted by Crippen LogP contribution is 2.34. The van der Waals surface area contributed by atoms with Gasteiger partial charge in [0.15, 0.2) is 0 Å². The van der Waals surface area contributed by atoms with Crippen molar-refractivity contribution in [3.8, 4) is 0 Å². The summed E-state index contributed by atoms with van der Waals surface area (Å²) in [5, 5.41) is 4.06. The molecule has 0 spiro atoms. The van der Waals surface area contributed by atoms with E-state index in [0.29, 0.717) is 0 Å². The lowest BCUT2D eigenvalue weighted by Gasteiger charge is -2.31. The fourth-order valence-electron chi connectivity index (χ4n) is 2.86. The lowest BCUT2D eigenvalue weighted by atomic mass is 9.75. The van der Waals surface area contributed by atoms with E-state index in [4.69, 9.17) is 0 Å². The van der Waals surface area contributed by atoms with Crippen LogP contribution in [0.25, 0.3) is 10.9 Å². The Hall–Kier alpha value is -1.90. The summed E-state index contributed by atoms with van der Waals surface area (Å²) in [6.45, 7) is 10.5. The number of anilines is 1. The van der Waals surface area contributed by atoms with E-state index in [-0.39, 0.29) is 11.3 Å². The minimum atomic E-state index is -0.401. The molecule has 1 amide bonds. The van der Waals surface area contributed by atoms with Crippen LogP contribution in [0.15, 0.2) is 36.5 Å². The van der Waals surface area contributed by atoms with E-state index in [1.165, 1.54) is 0 Å². The van der Waals surface area contributed by atoms with Crippen LogP contribution in [0.5, 0.6) is 0 Å². The third-order valence-corrected chi connectivity index (χ3v) is 3.45. The van der Waals surface area contributed by atoms with Gasteiger partial charge in [-0.25, -0.2) is 0 Å². The van der Waals surface area contributed by atoms with Crippen molar-refractivity contribution in [1.29, 1.82) is 0 Å². The van der Waals surface area contributed by atoms with E-state index in [9.17, 15) is 4.79 Å². The van der Waals surface area contributed by atoms with Crippen molar-refractivity contribution in [1.82, 2.24) is 4.98 Å². The zero-order valence-corrected chi connectivity index (χ0v) is 13.5. The third-order valence-electron chi connectivity index (χ3n) is 3.45. The van der Waals surface area contributed by atoms with Crippen LogP contribution in [0.3, 0.4) is 0 Å². The van der Waals surface area contributed by atoms with Crippen molar-refractivity contribution >= 4 is 22.5 Å². The molecule has 1 aromatic heterocycles. The smallest absolute Gasteiger partial charge is 0.230 e. The first-order valence-corrected chi connectivity index (χ1v) is 7.34. The number of fused-ring (bicyclic) bond motifs is 1. The van der Waals surface area contributed by atoms with Crippen LogP contribution in [-0.2, 0) is 4.79 Å². The van der Waals surface area contributed by atoms with Crippen LogP contribution in [-0.4, -0.2) is 10.9 Å². The van der Waals surface area contributed by atoms with Crippen LogP contribution < -0.4 is 5.32 Å². The van der Waals surface area contributed by atoms with Crippen molar-refractivity contribution in [2.45, 2.75) is 41.0 Å². The topological polar surface area (TPSA) is 42.0 Å². The second-order valence-corrected chi connectivity index (χ2v) is 7.49. The van der Waals surface area contributed by atoms with Crippen LogP contribution >= 0.6 is 0 Å². The molecule has 0 saturated carbocycles. The third kappa shape index (κ3) is 4.03. The number of rotatable bonds is 3. The van der Waals surface area contributed by atoms with Crippen LogP contribution in [0.1, 0.15) is 41.0 Å². The number of hydrogen-bond acceptors (Lipinski definition) is 2. The molecule has 2 rings (SSSR count). The molecule has 0 aliphatic carbocycles. The lowest BCUT2D eigenvalue weighted by Crippen LogP contribution is -2.34. The quantitative estimate of drug-likeness (QED) is 0.892. The average molecular weight is 284 g/mol. The Bertz CT molecular complexity index is 654. The Labute approximate surface area is 126 Å². The molecule has 2 aromatic rings. The number of benzene rings is 1. The largest absolute Gasteiger partial charge is 0.326 e. The Morgan fingerprint density at radius 1 is 1.14 bits per heavy atom. The van der Waals surface area contributed by atoms with E-state index in [2.05, 4.69) is 31.1 Å². The van der Waals surface area contributed by atoms with Gasteiger partial charge in [-0.15, -0.1) is 0 Å². The van der Waals surface area contributed by atoms with Gasteiger partial charge in [0.2, 0.25) is 5.91 Å². The van der Waals surface area contributed by atoms with Crippen molar-refractivity contribution in [2.75, 3.05) is 5.32 Å². The Morgan fingerprint density at radius 2 is 1.86 bits per heavy atom. The molecule has 3 heteroatoms. The molecular weight excluding hydrogens is 260 g/mol. The van der Waals surface area contributed by atoms with E-state index < -0.39 is 5.41 Å². The van der Waals surface area contributed by atoms with Gasteiger partial charge in [0.1, 0.15) is 0 Å². The van der Waals surface area contributed by atoms with Gasteiger partial charge < -0.3 is 5.32 Å². The molecule has 21 heavy (non-hydrogen) atoms. The zero-order chi connectivity index (χ0) is 15.7. The molecule has 0 aliphatic rings. The summed E-state index contributed by atoms with van der Waals surface area (Å²) >= 11 is 0. The number of nitrogens with one attached hydrogen (secondary N) is 1. The molecule has 112 valence electrons. The molecule has 3 nitrogen and oxygen atoms in total. The van der Waals surface area contributed by atoms with Crippen molar-refractivity contribution < 1.29 is 4.79 Å². The average Bonchev–Trinajstić information content (AvgIpc) is 2.35. The number of nitrogens with zero attached hydrogens (tertiary/aromatic N) is 1. The van der Waals surface area contributed by atoms with Gasteiger partial charge in [0, 0.05) is 22.7 Å². The normalized spacial score (nSPS) is 12.4.